The Morgan fingerprint density at radius 2 is 1.56 bits per heavy atom. The van der Waals surface area contributed by atoms with Crippen LogP contribution >= 0.6 is 0 Å². The highest BCUT2D eigenvalue weighted by Crippen LogP contribution is 2.14. The molecule has 0 aromatic carbocycles. The molecule has 0 fully saturated rings. The van der Waals surface area contributed by atoms with Crippen LogP contribution in [0.5, 0.6) is 0 Å². The first-order valence-electron chi connectivity index (χ1n) is 5.14. The van der Waals surface area contributed by atoms with E-state index < -0.39 is 0 Å². The highest BCUT2D eigenvalue weighted by Gasteiger charge is 1.99. The van der Waals surface area contributed by atoms with E-state index in [4.69, 9.17) is 0 Å². The summed E-state index contributed by atoms with van der Waals surface area (Å²) in [4.78, 5) is 12.7. The van der Waals surface area contributed by atoms with E-state index in [-0.39, 0.29) is 0 Å². The molecule has 0 atom stereocenters. The van der Waals surface area contributed by atoms with Crippen molar-refractivity contribution in [1.82, 2.24) is 15.0 Å². The van der Waals surface area contributed by atoms with Crippen LogP contribution in [0.1, 0.15) is 16.8 Å². The standard InChI is InChI=1S/C12H14N4/c1-8-4-11(14-5-9(8)2)16-12-7-13-10(3)6-15-12/h4-7H,1-3H3,(H,14,15,16). The predicted octanol–water partition coefficient (Wildman–Crippen LogP) is 2.54. The molecule has 1 N–H and O–H groups in total. The van der Waals surface area contributed by atoms with Crippen molar-refractivity contribution >= 4 is 11.6 Å². The van der Waals surface area contributed by atoms with Crippen molar-refractivity contribution in [2.75, 3.05) is 5.32 Å². The molecular weight excluding hydrogens is 200 g/mol. The van der Waals surface area contributed by atoms with Crippen LogP contribution in [0.4, 0.5) is 11.6 Å². The Balaban J connectivity index is 2.20. The molecule has 0 saturated carbocycles. The Bertz CT molecular complexity index is 491. The second-order valence-electron chi connectivity index (χ2n) is 3.82. The van der Waals surface area contributed by atoms with E-state index in [0.717, 1.165) is 11.5 Å². The Hall–Kier alpha value is -1.97. The smallest absolute Gasteiger partial charge is 0.150 e. The fourth-order valence-electron chi connectivity index (χ4n) is 1.28. The minimum atomic E-state index is 0.710. The lowest BCUT2D eigenvalue weighted by Gasteiger charge is -2.06. The van der Waals surface area contributed by atoms with Crippen molar-refractivity contribution in [3.63, 3.8) is 0 Å². The normalized spacial score (nSPS) is 10.2. The van der Waals surface area contributed by atoms with Crippen LogP contribution in [-0.4, -0.2) is 15.0 Å². The highest BCUT2D eigenvalue weighted by molar-refractivity contribution is 5.51. The van der Waals surface area contributed by atoms with Gasteiger partial charge >= 0.3 is 0 Å². The summed E-state index contributed by atoms with van der Waals surface area (Å²) in [6.45, 7) is 6.01. The predicted molar refractivity (Wildman–Crippen MR) is 63.8 cm³/mol. The molecule has 2 heterocycles. The van der Waals surface area contributed by atoms with Gasteiger partial charge in [0.2, 0.25) is 0 Å². The summed E-state index contributed by atoms with van der Waals surface area (Å²) in [5.74, 6) is 1.50. The van der Waals surface area contributed by atoms with Gasteiger partial charge in [-0.15, -0.1) is 0 Å². The van der Waals surface area contributed by atoms with Crippen LogP contribution in [0.15, 0.2) is 24.7 Å². The van der Waals surface area contributed by atoms with Crippen LogP contribution in [0.25, 0.3) is 0 Å². The molecule has 0 saturated heterocycles. The van der Waals surface area contributed by atoms with E-state index in [1.165, 1.54) is 11.1 Å². The van der Waals surface area contributed by atoms with Gasteiger partial charge in [0.05, 0.1) is 18.1 Å². The second kappa shape index (κ2) is 4.26. The average molecular weight is 214 g/mol. The van der Waals surface area contributed by atoms with Crippen molar-refractivity contribution in [3.05, 3.63) is 41.5 Å². The van der Waals surface area contributed by atoms with Gasteiger partial charge in [0.25, 0.3) is 0 Å². The van der Waals surface area contributed by atoms with Gasteiger partial charge in [-0.25, -0.2) is 9.97 Å². The molecule has 2 aromatic rings. The van der Waals surface area contributed by atoms with Gasteiger partial charge in [-0.05, 0) is 38.0 Å². The lowest BCUT2D eigenvalue weighted by molar-refractivity contribution is 1.11. The van der Waals surface area contributed by atoms with Gasteiger partial charge in [-0.3, -0.25) is 4.98 Å². The van der Waals surface area contributed by atoms with Gasteiger partial charge in [0, 0.05) is 6.20 Å². The summed E-state index contributed by atoms with van der Waals surface area (Å²) >= 11 is 0. The fraction of sp³-hybridized carbons (Fsp3) is 0.250. The minimum Gasteiger partial charge on any atom is -0.324 e. The van der Waals surface area contributed by atoms with Crippen molar-refractivity contribution in [1.29, 1.82) is 0 Å². The molecule has 0 unspecified atom stereocenters. The first-order valence-corrected chi connectivity index (χ1v) is 5.14. The Morgan fingerprint density at radius 1 is 0.812 bits per heavy atom. The number of aromatic nitrogens is 3. The van der Waals surface area contributed by atoms with Gasteiger partial charge in [0.1, 0.15) is 11.6 Å². The summed E-state index contributed by atoms with van der Waals surface area (Å²) in [7, 11) is 0. The summed E-state index contributed by atoms with van der Waals surface area (Å²) in [6, 6.07) is 2.00. The van der Waals surface area contributed by atoms with Crippen LogP contribution in [0, 0.1) is 20.8 Å². The summed E-state index contributed by atoms with van der Waals surface area (Å²) in [6.07, 6.45) is 5.27. The quantitative estimate of drug-likeness (QED) is 0.834. The van der Waals surface area contributed by atoms with Crippen LogP contribution in [0.3, 0.4) is 0 Å². The van der Waals surface area contributed by atoms with Gasteiger partial charge in [0.15, 0.2) is 0 Å². The second-order valence-corrected chi connectivity index (χ2v) is 3.82. The van der Waals surface area contributed by atoms with Crippen molar-refractivity contribution in [2.45, 2.75) is 20.8 Å². The van der Waals surface area contributed by atoms with Crippen molar-refractivity contribution < 1.29 is 0 Å². The molecule has 0 aliphatic carbocycles. The summed E-state index contributed by atoms with van der Waals surface area (Å²) in [5.41, 5.74) is 3.29. The van der Waals surface area contributed by atoms with Gasteiger partial charge in [-0.1, -0.05) is 0 Å². The zero-order chi connectivity index (χ0) is 11.5. The lowest BCUT2D eigenvalue weighted by atomic mass is 10.2. The summed E-state index contributed by atoms with van der Waals surface area (Å²) in [5, 5.41) is 3.11. The van der Waals surface area contributed by atoms with Crippen LogP contribution < -0.4 is 5.32 Å². The number of pyridine rings is 1. The Morgan fingerprint density at radius 3 is 2.19 bits per heavy atom. The molecule has 16 heavy (non-hydrogen) atoms. The topological polar surface area (TPSA) is 50.7 Å². The van der Waals surface area contributed by atoms with Crippen molar-refractivity contribution in [2.24, 2.45) is 0 Å². The third kappa shape index (κ3) is 2.34. The van der Waals surface area contributed by atoms with Gasteiger partial charge < -0.3 is 5.32 Å². The maximum atomic E-state index is 4.28. The number of rotatable bonds is 2. The third-order valence-corrected chi connectivity index (χ3v) is 2.41. The molecule has 82 valence electrons. The maximum absolute atomic E-state index is 4.28. The fourth-order valence-corrected chi connectivity index (χ4v) is 1.28. The number of aryl methyl sites for hydroxylation is 3. The van der Waals surface area contributed by atoms with Crippen LogP contribution in [0.2, 0.25) is 0 Å². The summed E-state index contributed by atoms with van der Waals surface area (Å²) < 4.78 is 0. The first-order chi connectivity index (χ1) is 7.65. The molecular formula is C12H14N4. The molecule has 4 heteroatoms. The molecule has 2 aromatic heterocycles. The van der Waals surface area contributed by atoms with E-state index in [1.807, 2.05) is 26.1 Å². The molecule has 0 aliphatic rings. The largest absolute Gasteiger partial charge is 0.324 e. The number of hydrogen-bond donors (Lipinski definition) is 1. The monoisotopic (exact) mass is 214 g/mol. The third-order valence-electron chi connectivity index (χ3n) is 2.41. The molecule has 0 bridgehead atoms. The number of hydrogen-bond acceptors (Lipinski definition) is 4. The van der Waals surface area contributed by atoms with Gasteiger partial charge in [-0.2, -0.15) is 0 Å². The molecule has 0 spiro atoms. The van der Waals surface area contributed by atoms with E-state index >= 15 is 0 Å². The Kier molecular flexibility index (Phi) is 2.81. The zero-order valence-electron chi connectivity index (χ0n) is 9.65. The molecule has 4 nitrogen and oxygen atoms in total. The number of anilines is 2. The molecule has 0 aliphatic heterocycles. The zero-order valence-corrected chi connectivity index (χ0v) is 9.65. The minimum absolute atomic E-state index is 0.710. The lowest BCUT2D eigenvalue weighted by Crippen LogP contribution is -1.98. The molecule has 2 rings (SSSR count). The number of nitrogens with one attached hydrogen (secondary N) is 1. The molecule has 0 radical (unpaired) electrons. The number of nitrogens with zero attached hydrogens (tertiary/aromatic N) is 3. The van der Waals surface area contributed by atoms with E-state index in [1.54, 1.807) is 12.4 Å². The first kappa shape index (κ1) is 10.5. The average Bonchev–Trinajstić information content (AvgIpc) is 2.27. The molecule has 0 amide bonds. The van der Waals surface area contributed by atoms with E-state index in [2.05, 4.69) is 27.2 Å². The maximum Gasteiger partial charge on any atom is 0.150 e. The SMILES string of the molecule is Cc1cnc(Nc2cc(C)c(C)cn2)cn1. The van der Waals surface area contributed by atoms with Crippen molar-refractivity contribution in [3.8, 4) is 0 Å². The van der Waals surface area contributed by atoms with E-state index in [9.17, 15) is 0 Å². The Labute approximate surface area is 94.8 Å². The highest BCUT2D eigenvalue weighted by atomic mass is 15.1. The van der Waals surface area contributed by atoms with Crippen LogP contribution in [-0.2, 0) is 0 Å². The van der Waals surface area contributed by atoms with E-state index in [0.29, 0.717) is 5.82 Å².